The molecule has 5 nitrogen and oxygen atoms in total. The van der Waals surface area contributed by atoms with Gasteiger partial charge in [0.05, 0.1) is 0 Å². The Morgan fingerprint density at radius 3 is 2.46 bits per heavy atom. The van der Waals surface area contributed by atoms with Gasteiger partial charge < -0.3 is 14.8 Å². The van der Waals surface area contributed by atoms with Gasteiger partial charge in [-0.15, -0.1) is 0 Å². The van der Waals surface area contributed by atoms with E-state index in [-0.39, 0.29) is 6.03 Å². The molecular formula is C21H28N4O. The molecule has 2 aliphatic rings. The number of amides is 2. The number of piperidine rings is 1. The molecule has 0 spiro atoms. The van der Waals surface area contributed by atoms with E-state index in [2.05, 4.69) is 41.7 Å². The van der Waals surface area contributed by atoms with Crippen LogP contribution in [0.1, 0.15) is 60.3 Å². The third-order valence-corrected chi connectivity index (χ3v) is 5.83. The topological polar surface area (TPSA) is 50.2 Å². The Hall–Kier alpha value is -2.30. The summed E-state index contributed by atoms with van der Waals surface area (Å²) in [7, 11) is 0. The highest BCUT2D eigenvalue weighted by atomic mass is 16.2. The Kier molecular flexibility index (Phi) is 4.47. The average Bonchev–Trinajstić information content (AvgIpc) is 3.40. The van der Waals surface area contributed by atoms with Gasteiger partial charge in [-0.1, -0.05) is 6.07 Å². The highest BCUT2D eigenvalue weighted by molar-refractivity contribution is 5.89. The maximum Gasteiger partial charge on any atom is 0.321 e. The summed E-state index contributed by atoms with van der Waals surface area (Å²) in [6.07, 6.45) is 6.54. The molecule has 2 aromatic rings. The number of carbonyl (C=O) groups excluding carboxylic acids is 1. The Bertz CT molecular complexity index is 813. The number of nitrogens with zero attached hydrogens (tertiary/aromatic N) is 3. The van der Waals surface area contributed by atoms with E-state index < -0.39 is 0 Å². The molecule has 2 amide bonds. The maximum atomic E-state index is 12.6. The fourth-order valence-electron chi connectivity index (χ4n) is 3.93. The van der Waals surface area contributed by atoms with Crippen LogP contribution in [0.5, 0.6) is 0 Å². The standard InChI is InChI=1S/C21H28N4O/c1-14-4-7-18(12-15(14)2)23-21(26)24-10-8-19(9-11-24)25-16(3)13-22-20(25)17-5-6-17/h4,7,12-13,17,19H,5-6,8-11H2,1-3H3,(H,23,26). The predicted molar refractivity (Wildman–Crippen MR) is 104 cm³/mol. The monoisotopic (exact) mass is 352 g/mol. The van der Waals surface area contributed by atoms with Crippen molar-refractivity contribution >= 4 is 11.7 Å². The molecule has 0 atom stereocenters. The van der Waals surface area contributed by atoms with Crippen LogP contribution in [-0.2, 0) is 0 Å². The molecule has 4 rings (SSSR count). The first-order valence-electron chi connectivity index (χ1n) is 9.70. The summed E-state index contributed by atoms with van der Waals surface area (Å²) < 4.78 is 2.44. The molecule has 2 heterocycles. The summed E-state index contributed by atoms with van der Waals surface area (Å²) in [6.45, 7) is 7.89. The second-order valence-corrected chi connectivity index (χ2v) is 7.85. The number of hydrogen-bond acceptors (Lipinski definition) is 2. The molecule has 2 fully saturated rings. The number of aryl methyl sites for hydroxylation is 3. The minimum atomic E-state index is 0.0106. The molecule has 1 saturated carbocycles. The first-order valence-corrected chi connectivity index (χ1v) is 9.70. The van der Waals surface area contributed by atoms with Gasteiger partial charge in [-0.05, 0) is 69.7 Å². The Balaban J connectivity index is 1.38. The van der Waals surface area contributed by atoms with E-state index in [1.165, 1.54) is 35.5 Å². The van der Waals surface area contributed by atoms with Crippen molar-refractivity contribution in [2.24, 2.45) is 0 Å². The van der Waals surface area contributed by atoms with E-state index in [4.69, 9.17) is 0 Å². The van der Waals surface area contributed by atoms with Crippen LogP contribution < -0.4 is 5.32 Å². The van der Waals surface area contributed by atoms with E-state index in [1.807, 2.05) is 23.2 Å². The van der Waals surface area contributed by atoms with E-state index in [0.29, 0.717) is 12.0 Å². The first kappa shape index (κ1) is 17.1. The SMILES string of the molecule is Cc1ccc(NC(=O)N2CCC(n3c(C)cnc3C3CC3)CC2)cc1C. The van der Waals surface area contributed by atoms with Crippen LogP contribution in [0.2, 0.25) is 0 Å². The molecule has 5 heteroatoms. The highest BCUT2D eigenvalue weighted by Gasteiger charge is 2.32. The summed E-state index contributed by atoms with van der Waals surface area (Å²) in [6, 6.07) is 6.55. The number of carbonyl (C=O) groups is 1. The summed E-state index contributed by atoms with van der Waals surface area (Å²) in [4.78, 5) is 19.2. The van der Waals surface area contributed by atoms with Crippen molar-refractivity contribution in [2.45, 2.75) is 58.4 Å². The van der Waals surface area contributed by atoms with E-state index >= 15 is 0 Å². The zero-order valence-corrected chi connectivity index (χ0v) is 16.0. The van der Waals surface area contributed by atoms with Crippen LogP contribution in [0.3, 0.4) is 0 Å². The largest absolute Gasteiger partial charge is 0.329 e. The second-order valence-electron chi connectivity index (χ2n) is 7.85. The number of urea groups is 1. The van der Waals surface area contributed by atoms with Gasteiger partial charge in [0.2, 0.25) is 0 Å². The molecule has 1 aliphatic carbocycles. The molecule has 26 heavy (non-hydrogen) atoms. The minimum Gasteiger partial charge on any atom is -0.329 e. The third kappa shape index (κ3) is 3.35. The third-order valence-electron chi connectivity index (χ3n) is 5.83. The van der Waals surface area contributed by atoms with Crippen molar-refractivity contribution in [3.8, 4) is 0 Å². The van der Waals surface area contributed by atoms with Crippen molar-refractivity contribution in [2.75, 3.05) is 18.4 Å². The number of imidazole rings is 1. The molecule has 0 radical (unpaired) electrons. The maximum absolute atomic E-state index is 12.6. The molecule has 0 bridgehead atoms. The van der Waals surface area contributed by atoms with Crippen LogP contribution in [0.15, 0.2) is 24.4 Å². The predicted octanol–water partition coefficient (Wildman–Crippen LogP) is 4.55. The lowest BCUT2D eigenvalue weighted by Crippen LogP contribution is -2.41. The van der Waals surface area contributed by atoms with Gasteiger partial charge in [0, 0.05) is 42.6 Å². The van der Waals surface area contributed by atoms with Gasteiger partial charge in [0.15, 0.2) is 0 Å². The zero-order chi connectivity index (χ0) is 18.3. The first-order chi connectivity index (χ1) is 12.5. The molecule has 138 valence electrons. The summed E-state index contributed by atoms with van der Waals surface area (Å²) in [5.74, 6) is 1.93. The fraction of sp³-hybridized carbons (Fsp3) is 0.524. The van der Waals surface area contributed by atoms with Gasteiger partial charge in [0.1, 0.15) is 5.82 Å². The molecule has 1 aromatic carbocycles. The second kappa shape index (κ2) is 6.78. The molecule has 1 N–H and O–H groups in total. The molecule has 1 saturated heterocycles. The zero-order valence-electron chi connectivity index (χ0n) is 16.0. The number of benzene rings is 1. The fourth-order valence-corrected chi connectivity index (χ4v) is 3.93. The van der Waals surface area contributed by atoms with E-state index in [0.717, 1.165) is 31.6 Å². The lowest BCUT2D eigenvalue weighted by Gasteiger charge is -2.34. The van der Waals surface area contributed by atoms with Gasteiger partial charge in [-0.3, -0.25) is 0 Å². The summed E-state index contributed by atoms with van der Waals surface area (Å²) >= 11 is 0. The Morgan fingerprint density at radius 2 is 1.81 bits per heavy atom. The van der Waals surface area contributed by atoms with Crippen LogP contribution in [0.4, 0.5) is 10.5 Å². The minimum absolute atomic E-state index is 0.0106. The van der Waals surface area contributed by atoms with Crippen molar-refractivity contribution in [1.82, 2.24) is 14.5 Å². The van der Waals surface area contributed by atoms with Crippen LogP contribution >= 0.6 is 0 Å². The Morgan fingerprint density at radius 1 is 1.08 bits per heavy atom. The lowest BCUT2D eigenvalue weighted by molar-refractivity contribution is 0.182. The van der Waals surface area contributed by atoms with Gasteiger partial charge >= 0.3 is 6.03 Å². The Labute approximate surface area is 155 Å². The summed E-state index contributed by atoms with van der Waals surface area (Å²) in [5, 5.41) is 3.05. The van der Waals surface area contributed by atoms with Crippen molar-refractivity contribution in [3.63, 3.8) is 0 Å². The van der Waals surface area contributed by atoms with Crippen LogP contribution in [0, 0.1) is 20.8 Å². The average molecular weight is 352 g/mol. The van der Waals surface area contributed by atoms with E-state index in [1.54, 1.807) is 0 Å². The highest BCUT2D eigenvalue weighted by Crippen LogP contribution is 2.41. The molecular weight excluding hydrogens is 324 g/mol. The number of nitrogens with one attached hydrogen (secondary N) is 1. The normalized spacial score (nSPS) is 18.2. The number of hydrogen-bond donors (Lipinski definition) is 1. The van der Waals surface area contributed by atoms with Gasteiger partial charge in [0.25, 0.3) is 0 Å². The van der Waals surface area contributed by atoms with Gasteiger partial charge in [-0.25, -0.2) is 9.78 Å². The number of rotatable bonds is 3. The smallest absolute Gasteiger partial charge is 0.321 e. The quantitative estimate of drug-likeness (QED) is 0.881. The van der Waals surface area contributed by atoms with Crippen molar-refractivity contribution in [3.05, 3.63) is 47.0 Å². The van der Waals surface area contributed by atoms with Crippen LogP contribution in [0.25, 0.3) is 0 Å². The number of aromatic nitrogens is 2. The van der Waals surface area contributed by atoms with E-state index in [9.17, 15) is 4.79 Å². The van der Waals surface area contributed by atoms with Crippen molar-refractivity contribution in [1.29, 1.82) is 0 Å². The van der Waals surface area contributed by atoms with Crippen molar-refractivity contribution < 1.29 is 4.79 Å². The molecule has 0 unspecified atom stereocenters. The number of likely N-dealkylation sites (tertiary alicyclic amines) is 1. The van der Waals surface area contributed by atoms with Gasteiger partial charge in [-0.2, -0.15) is 0 Å². The summed E-state index contributed by atoms with van der Waals surface area (Å²) in [5.41, 5.74) is 4.57. The lowest BCUT2D eigenvalue weighted by atomic mass is 10.0. The molecule has 1 aliphatic heterocycles. The molecule has 1 aromatic heterocycles. The number of anilines is 1. The van der Waals surface area contributed by atoms with Crippen LogP contribution in [-0.4, -0.2) is 33.6 Å².